The Labute approximate surface area is 150 Å². The molecule has 0 aliphatic carbocycles. The van der Waals surface area contributed by atoms with Gasteiger partial charge >= 0.3 is 0 Å². The molecule has 0 fully saturated rings. The summed E-state index contributed by atoms with van der Waals surface area (Å²) in [6.45, 7) is 11.5. The van der Waals surface area contributed by atoms with E-state index in [1.807, 2.05) is 41.3 Å². The Balaban J connectivity index is 1.77. The Morgan fingerprint density at radius 3 is 2.68 bits per heavy atom. The number of benzene rings is 2. The van der Waals surface area contributed by atoms with Crippen molar-refractivity contribution in [1.29, 1.82) is 0 Å². The van der Waals surface area contributed by atoms with Crippen LogP contribution in [-0.4, -0.2) is 11.4 Å². The molecule has 1 aliphatic rings. The van der Waals surface area contributed by atoms with Gasteiger partial charge in [0.25, 0.3) is 0 Å². The highest BCUT2D eigenvalue weighted by molar-refractivity contribution is 5.96. The van der Waals surface area contributed by atoms with Gasteiger partial charge in [0.1, 0.15) is 0 Å². The summed E-state index contributed by atoms with van der Waals surface area (Å²) in [5.74, 6) is 0.156. The lowest BCUT2D eigenvalue weighted by atomic mass is 9.86. The predicted octanol–water partition coefficient (Wildman–Crippen LogP) is 5.32. The van der Waals surface area contributed by atoms with Crippen molar-refractivity contribution in [2.75, 3.05) is 4.90 Å². The molecule has 0 saturated heterocycles. The van der Waals surface area contributed by atoms with Crippen LogP contribution in [0, 0.1) is 6.57 Å². The number of hydrogen-bond acceptors (Lipinski definition) is 1. The summed E-state index contributed by atoms with van der Waals surface area (Å²) < 4.78 is 0. The quantitative estimate of drug-likeness (QED) is 0.696. The van der Waals surface area contributed by atoms with E-state index in [1.165, 1.54) is 11.1 Å². The van der Waals surface area contributed by atoms with E-state index in [2.05, 4.69) is 30.8 Å². The van der Waals surface area contributed by atoms with E-state index in [9.17, 15) is 4.79 Å². The zero-order chi connectivity index (χ0) is 17.9. The van der Waals surface area contributed by atoms with E-state index in [0.29, 0.717) is 12.1 Å². The minimum atomic E-state index is -0.211. The van der Waals surface area contributed by atoms with Gasteiger partial charge in [-0.3, -0.25) is 4.79 Å². The first-order valence-corrected chi connectivity index (χ1v) is 8.89. The highest BCUT2D eigenvalue weighted by Gasteiger charge is 2.36. The number of amides is 1. The summed E-state index contributed by atoms with van der Waals surface area (Å²) in [6.07, 6.45) is 4.18. The molecule has 2 aromatic carbocycles. The summed E-state index contributed by atoms with van der Waals surface area (Å²) in [7, 11) is 0. The van der Waals surface area contributed by atoms with Crippen molar-refractivity contribution in [3.8, 4) is 0 Å². The Kier molecular flexibility index (Phi) is 4.90. The zero-order valence-corrected chi connectivity index (χ0v) is 15.0. The number of fused-ring (bicyclic) bond motifs is 1. The van der Waals surface area contributed by atoms with Crippen LogP contribution >= 0.6 is 0 Å². The molecule has 0 N–H and O–H groups in total. The van der Waals surface area contributed by atoms with Crippen molar-refractivity contribution in [2.24, 2.45) is 0 Å². The topological polar surface area (TPSA) is 24.7 Å². The molecule has 25 heavy (non-hydrogen) atoms. The van der Waals surface area contributed by atoms with Gasteiger partial charge in [-0.05, 0) is 56.7 Å². The van der Waals surface area contributed by atoms with Crippen LogP contribution in [0.4, 0.5) is 11.4 Å². The third kappa shape index (κ3) is 3.74. The summed E-state index contributed by atoms with van der Waals surface area (Å²) >= 11 is 0. The van der Waals surface area contributed by atoms with Crippen LogP contribution in [0.5, 0.6) is 0 Å². The van der Waals surface area contributed by atoms with Gasteiger partial charge in [-0.25, -0.2) is 4.85 Å². The van der Waals surface area contributed by atoms with Crippen molar-refractivity contribution in [1.82, 2.24) is 0 Å². The average molecular weight is 332 g/mol. The molecular formula is C22H24N2O. The maximum absolute atomic E-state index is 13.0. The maximum Gasteiger partial charge on any atom is 0.227 e. The molecule has 0 saturated carbocycles. The summed E-state index contributed by atoms with van der Waals surface area (Å²) in [5.41, 5.74) is 3.75. The standard InChI is InChI=1S/C22H24N2O/c1-22(2)15-14-18-12-13-19(23-3)16-20(18)24(22)21(25)11-7-10-17-8-5-4-6-9-17/h4-6,8-9,12-13,16H,7,10-11,14-15H2,1-2H3. The predicted molar refractivity (Wildman–Crippen MR) is 102 cm³/mol. The van der Waals surface area contributed by atoms with Gasteiger partial charge in [0, 0.05) is 17.6 Å². The molecular weight excluding hydrogens is 308 g/mol. The van der Waals surface area contributed by atoms with Crippen LogP contribution in [0.1, 0.15) is 44.2 Å². The van der Waals surface area contributed by atoms with Crippen molar-refractivity contribution in [2.45, 2.75) is 51.5 Å². The third-order valence-corrected chi connectivity index (χ3v) is 5.00. The van der Waals surface area contributed by atoms with Crippen molar-refractivity contribution in [3.63, 3.8) is 0 Å². The molecule has 128 valence electrons. The smallest absolute Gasteiger partial charge is 0.227 e. The summed E-state index contributed by atoms with van der Waals surface area (Å²) in [6, 6.07) is 16.0. The van der Waals surface area contributed by atoms with Crippen molar-refractivity contribution in [3.05, 3.63) is 71.1 Å². The SMILES string of the molecule is [C-]#[N+]c1ccc2c(c1)N(C(=O)CCCc1ccccc1)C(C)(C)CC2. The molecule has 3 heteroatoms. The minimum absolute atomic E-state index is 0.156. The fourth-order valence-corrected chi connectivity index (χ4v) is 3.59. The fourth-order valence-electron chi connectivity index (χ4n) is 3.59. The second kappa shape index (κ2) is 7.11. The van der Waals surface area contributed by atoms with Crippen LogP contribution in [-0.2, 0) is 17.6 Å². The molecule has 0 unspecified atom stereocenters. The molecule has 0 spiro atoms. The molecule has 1 aliphatic heterocycles. The van der Waals surface area contributed by atoms with Gasteiger partial charge in [-0.1, -0.05) is 42.5 Å². The van der Waals surface area contributed by atoms with Crippen LogP contribution in [0.15, 0.2) is 48.5 Å². The van der Waals surface area contributed by atoms with E-state index in [-0.39, 0.29) is 11.4 Å². The lowest BCUT2D eigenvalue weighted by Crippen LogP contribution is -2.51. The van der Waals surface area contributed by atoms with Crippen molar-refractivity contribution >= 4 is 17.3 Å². The molecule has 3 rings (SSSR count). The second-order valence-corrected chi connectivity index (χ2v) is 7.31. The highest BCUT2D eigenvalue weighted by atomic mass is 16.2. The van der Waals surface area contributed by atoms with Gasteiger partial charge in [-0.2, -0.15) is 0 Å². The summed E-state index contributed by atoms with van der Waals surface area (Å²) in [5, 5.41) is 0. The molecule has 0 radical (unpaired) electrons. The molecule has 0 bridgehead atoms. The summed E-state index contributed by atoms with van der Waals surface area (Å²) in [4.78, 5) is 18.5. The molecule has 0 atom stereocenters. The highest BCUT2D eigenvalue weighted by Crippen LogP contribution is 2.39. The van der Waals surface area contributed by atoms with Gasteiger partial charge in [-0.15, -0.1) is 0 Å². The number of anilines is 1. The number of hydrogen-bond donors (Lipinski definition) is 0. The first-order chi connectivity index (χ1) is 12.0. The maximum atomic E-state index is 13.0. The van der Waals surface area contributed by atoms with E-state index < -0.39 is 0 Å². The van der Waals surface area contributed by atoms with Crippen LogP contribution < -0.4 is 4.90 Å². The largest absolute Gasteiger partial charge is 0.308 e. The Hall–Kier alpha value is -2.60. The minimum Gasteiger partial charge on any atom is -0.308 e. The van der Waals surface area contributed by atoms with Gasteiger partial charge in [0.2, 0.25) is 5.91 Å². The van der Waals surface area contributed by atoms with Crippen LogP contribution in [0.2, 0.25) is 0 Å². The Morgan fingerprint density at radius 2 is 1.96 bits per heavy atom. The van der Waals surface area contributed by atoms with Gasteiger partial charge in [0.05, 0.1) is 6.57 Å². The third-order valence-electron chi connectivity index (χ3n) is 5.00. The van der Waals surface area contributed by atoms with E-state index >= 15 is 0 Å². The van der Waals surface area contributed by atoms with Gasteiger partial charge in [0.15, 0.2) is 5.69 Å². The first kappa shape index (κ1) is 17.2. The molecule has 1 heterocycles. The van der Waals surface area contributed by atoms with Crippen LogP contribution in [0.3, 0.4) is 0 Å². The lowest BCUT2D eigenvalue weighted by molar-refractivity contribution is -0.119. The molecule has 0 aromatic heterocycles. The Bertz CT molecular complexity index is 803. The molecule has 2 aromatic rings. The second-order valence-electron chi connectivity index (χ2n) is 7.31. The van der Waals surface area contributed by atoms with Crippen molar-refractivity contribution < 1.29 is 4.79 Å². The number of carbonyl (C=O) groups is 1. The van der Waals surface area contributed by atoms with E-state index in [0.717, 1.165) is 31.4 Å². The molecule has 1 amide bonds. The Morgan fingerprint density at radius 1 is 1.20 bits per heavy atom. The molecule has 3 nitrogen and oxygen atoms in total. The fraction of sp³-hybridized carbons (Fsp3) is 0.364. The van der Waals surface area contributed by atoms with Crippen LogP contribution in [0.25, 0.3) is 4.85 Å². The average Bonchev–Trinajstić information content (AvgIpc) is 2.61. The van der Waals surface area contributed by atoms with E-state index in [4.69, 9.17) is 6.57 Å². The van der Waals surface area contributed by atoms with Gasteiger partial charge < -0.3 is 4.90 Å². The normalized spacial score (nSPS) is 15.3. The lowest BCUT2D eigenvalue weighted by Gasteiger charge is -2.44. The van der Waals surface area contributed by atoms with E-state index in [1.54, 1.807) is 0 Å². The monoisotopic (exact) mass is 332 g/mol. The number of aryl methyl sites for hydroxylation is 2. The first-order valence-electron chi connectivity index (χ1n) is 8.89. The number of carbonyl (C=O) groups excluding carboxylic acids is 1. The zero-order valence-electron chi connectivity index (χ0n) is 15.0. The number of nitrogens with zero attached hydrogens (tertiary/aromatic N) is 2. The number of rotatable bonds is 4.